The molecule has 6 nitrogen and oxygen atoms in total. The molecule has 1 rings (SSSR count). The van der Waals surface area contributed by atoms with Gasteiger partial charge in [0.25, 0.3) is 5.91 Å². The molecule has 1 aromatic carbocycles. The van der Waals surface area contributed by atoms with Crippen LogP contribution in [0.2, 0.25) is 0 Å². The van der Waals surface area contributed by atoms with Gasteiger partial charge in [0.1, 0.15) is 18.1 Å². The number of methoxy groups -OCH3 is 2. The topological polar surface area (TPSA) is 68.8 Å². The first-order valence-corrected chi connectivity index (χ1v) is 5.87. The van der Waals surface area contributed by atoms with Crippen LogP contribution in [-0.4, -0.2) is 33.8 Å². The Kier molecular flexibility index (Phi) is 6.11. The zero-order valence-electron chi connectivity index (χ0n) is 11.7. The molecule has 0 saturated heterocycles. The van der Waals surface area contributed by atoms with E-state index < -0.39 is 0 Å². The van der Waals surface area contributed by atoms with Crippen molar-refractivity contribution in [3.8, 4) is 11.5 Å². The van der Waals surface area contributed by atoms with Crippen LogP contribution < -0.4 is 20.3 Å². The predicted octanol–water partition coefficient (Wildman–Crippen LogP) is 0.779. The fourth-order valence-electron chi connectivity index (χ4n) is 1.66. The number of ether oxygens (including phenoxy) is 3. The van der Waals surface area contributed by atoms with Gasteiger partial charge in [0.15, 0.2) is 0 Å². The van der Waals surface area contributed by atoms with Gasteiger partial charge in [0.05, 0.1) is 20.8 Å². The summed E-state index contributed by atoms with van der Waals surface area (Å²) in [6.07, 6.45) is 0. The Hall–Kier alpha value is -1.79. The van der Waals surface area contributed by atoms with E-state index in [2.05, 4.69) is 10.9 Å². The molecule has 106 valence electrons. The summed E-state index contributed by atoms with van der Waals surface area (Å²) >= 11 is 0. The number of benzene rings is 1. The van der Waals surface area contributed by atoms with Crippen LogP contribution in [0, 0.1) is 6.92 Å². The lowest BCUT2D eigenvalue weighted by Crippen LogP contribution is -2.36. The molecule has 2 N–H and O–H groups in total. The molecule has 0 spiro atoms. The Bertz CT molecular complexity index is 435. The van der Waals surface area contributed by atoms with Crippen LogP contribution in [-0.2, 0) is 16.1 Å². The van der Waals surface area contributed by atoms with Gasteiger partial charge in [0.2, 0.25) is 0 Å². The van der Waals surface area contributed by atoms with E-state index in [0.29, 0.717) is 12.4 Å². The second kappa shape index (κ2) is 7.60. The summed E-state index contributed by atoms with van der Waals surface area (Å²) in [5.74, 6) is 1.18. The molecule has 1 aromatic rings. The van der Waals surface area contributed by atoms with Gasteiger partial charge in [-0.25, -0.2) is 5.43 Å². The molecule has 1 amide bonds. The minimum absolute atomic E-state index is 0.0184. The maximum Gasteiger partial charge on any atom is 0.260 e. The lowest BCUT2D eigenvalue weighted by molar-refractivity contribution is -0.126. The molecule has 0 aliphatic heterocycles. The first-order valence-electron chi connectivity index (χ1n) is 5.87. The van der Waals surface area contributed by atoms with E-state index in [-0.39, 0.29) is 12.5 Å². The summed E-state index contributed by atoms with van der Waals surface area (Å²) in [5.41, 5.74) is 6.87. The predicted molar refractivity (Wildman–Crippen MR) is 71.1 cm³/mol. The lowest BCUT2D eigenvalue weighted by Gasteiger charge is -2.14. The van der Waals surface area contributed by atoms with Crippen molar-refractivity contribution in [2.24, 2.45) is 0 Å². The smallest absolute Gasteiger partial charge is 0.260 e. The molecule has 6 heteroatoms. The molecule has 19 heavy (non-hydrogen) atoms. The van der Waals surface area contributed by atoms with Gasteiger partial charge in [-0.15, -0.1) is 0 Å². The van der Waals surface area contributed by atoms with Crippen LogP contribution in [0.3, 0.4) is 0 Å². The first-order chi connectivity index (χ1) is 9.12. The maximum atomic E-state index is 11.2. The van der Waals surface area contributed by atoms with Crippen LogP contribution in [0.25, 0.3) is 0 Å². The Labute approximate surface area is 113 Å². The van der Waals surface area contributed by atoms with Gasteiger partial charge >= 0.3 is 0 Å². The Morgan fingerprint density at radius 3 is 2.58 bits per heavy atom. The van der Waals surface area contributed by atoms with Crippen molar-refractivity contribution in [3.63, 3.8) is 0 Å². The molecule has 0 aromatic heterocycles. The number of aryl methyl sites for hydroxylation is 1. The van der Waals surface area contributed by atoms with Gasteiger partial charge < -0.3 is 14.2 Å². The van der Waals surface area contributed by atoms with Crippen molar-refractivity contribution < 1.29 is 19.0 Å². The highest BCUT2D eigenvalue weighted by Crippen LogP contribution is 2.28. The summed E-state index contributed by atoms with van der Waals surface area (Å²) < 4.78 is 15.8. The number of rotatable bonds is 7. The van der Waals surface area contributed by atoms with Crippen molar-refractivity contribution in [1.82, 2.24) is 10.9 Å². The van der Waals surface area contributed by atoms with Gasteiger partial charge in [-0.1, -0.05) is 0 Å². The van der Waals surface area contributed by atoms with E-state index in [4.69, 9.17) is 14.2 Å². The van der Waals surface area contributed by atoms with E-state index in [1.165, 1.54) is 0 Å². The van der Waals surface area contributed by atoms with Gasteiger partial charge in [-0.2, -0.15) is 0 Å². The van der Waals surface area contributed by atoms with E-state index in [9.17, 15) is 4.79 Å². The molecule has 0 atom stereocenters. The number of hydrazine groups is 1. The second-order valence-corrected chi connectivity index (χ2v) is 3.92. The molecule has 0 aliphatic carbocycles. The fraction of sp³-hybridized carbons (Fsp3) is 0.462. The summed E-state index contributed by atoms with van der Waals surface area (Å²) in [7, 11) is 4.81. The molecule has 0 saturated carbocycles. The van der Waals surface area contributed by atoms with Crippen LogP contribution in [0.4, 0.5) is 0 Å². The normalized spacial score (nSPS) is 10.1. The quantitative estimate of drug-likeness (QED) is 0.715. The molecule has 0 heterocycles. The first kappa shape index (κ1) is 15.3. The number of hydrogen-bond acceptors (Lipinski definition) is 5. The van der Waals surface area contributed by atoms with Gasteiger partial charge in [0, 0.05) is 18.7 Å². The molecule has 0 fully saturated rings. The molecular formula is C13H20N2O4. The molecule has 0 unspecified atom stereocenters. The molecule has 0 aliphatic rings. The number of hydrogen-bond donors (Lipinski definition) is 2. The van der Waals surface area contributed by atoms with Crippen LogP contribution in [0.15, 0.2) is 12.1 Å². The van der Waals surface area contributed by atoms with Crippen molar-refractivity contribution in [3.05, 3.63) is 23.3 Å². The van der Waals surface area contributed by atoms with Gasteiger partial charge in [-0.3, -0.25) is 10.2 Å². The average molecular weight is 268 g/mol. The highest BCUT2D eigenvalue weighted by molar-refractivity contribution is 5.76. The number of carbonyl (C=O) groups is 1. The Morgan fingerprint density at radius 1 is 1.26 bits per heavy atom. The third-order valence-electron chi connectivity index (χ3n) is 2.61. The minimum atomic E-state index is -0.229. The van der Waals surface area contributed by atoms with Crippen molar-refractivity contribution >= 4 is 5.91 Å². The van der Waals surface area contributed by atoms with Crippen molar-refractivity contribution in [2.75, 3.05) is 27.9 Å². The highest BCUT2D eigenvalue weighted by Gasteiger charge is 2.10. The second-order valence-electron chi connectivity index (χ2n) is 3.92. The van der Waals surface area contributed by atoms with Crippen LogP contribution in [0.1, 0.15) is 11.1 Å². The van der Waals surface area contributed by atoms with Crippen LogP contribution >= 0.6 is 0 Å². The highest BCUT2D eigenvalue weighted by atomic mass is 16.5. The molecular weight excluding hydrogens is 248 g/mol. The Balaban J connectivity index is 2.69. The lowest BCUT2D eigenvalue weighted by atomic mass is 10.1. The van der Waals surface area contributed by atoms with E-state index in [1.807, 2.05) is 13.0 Å². The number of amides is 1. The van der Waals surface area contributed by atoms with Crippen LogP contribution in [0.5, 0.6) is 11.5 Å². The summed E-state index contributed by atoms with van der Waals surface area (Å²) in [4.78, 5) is 11.2. The maximum absolute atomic E-state index is 11.2. The van der Waals surface area contributed by atoms with Crippen molar-refractivity contribution in [1.29, 1.82) is 0 Å². The third kappa shape index (κ3) is 4.42. The van der Waals surface area contributed by atoms with E-state index >= 15 is 0 Å². The number of nitrogens with one attached hydrogen (secondary N) is 2. The number of carbonyl (C=O) groups excluding carboxylic acids is 1. The largest absolute Gasteiger partial charge is 0.497 e. The summed E-state index contributed by atoms with van der Waals surface area (Å²) in [6.45, 7) is 2.23. The van der Waals surface area contributed by atoms with Crippen molar-refractivity contribution in [2.45, 2.75) is 13.5 Å². The molecule has 0 radical (unpaired) electrons. The third-order valence-corrected chi connectivity index (χ3v) is 2.61. The van der Waals surface area contributed by atoms with Gasteiger partial charge in [-0.05, 0) is 18.6 Å². The fourth-order valence-corrected chi connectivity index (χ4v) is 1.66. The minimum Gasteiger partial charge on any atom is -0.497 e. The summed E-state index contributed by atoms with van der Waals surface area (Å²) in [5, 5.41) is 0. The zero-order chi connectivity index (χ0) is 14.3. The van der Waals surface area contributed by atoms with E-state index in [0.717, 1.165) is 16.9 Å². The van der Waals surface area contributed by atoms with E-state index in [1.54, 1.807) is 27.3 Å². The monoisotopic (exact) mass is 268 g/mol. The standard InChI is InChI=1S/C13H20N2O4/c1-9-5-10(17-3)6-12(18-4)11(9)7-19-8-13(16)15-14-2/h5-6,14H,7-8H2,1-4H3,(H,15,16). The zero-order valence-corrected chi connectivity index (χ0v) is 11.7. The SMILES string of the molecule is CNNC(=O)COCc1c(C)cc(OC)cc1OC. The average Bonchev–Trinajstić information content (AvgIpc) is 2.40. The summed E-state index contributed by atoms with van der Waals surface area (Å²) in [6, 6.07) is 3.69. The molecule has 0 bridgehead atoms. The Morgan fingerprint density at radius 2 is 2.00 bits per heavy atom.